The van der Waals surface area contributed by atoms with Gasteiger partial charge in [-0.2, -0.15) is 0 Å². The number of nitrogens with zero attached hydrogens (tertiary/aromatic N) is 4. The average Bonchev–Trinajstić information content (AvgIpc) is 3.23. The molecule has 0 N–H and O–H groups in total. The third-order valence-corrected chi connectivity index (χ3v) is 6.19. The first-order valence-electron chi connectivity index (χ1n) is 10.0. The second kappa shape index (κ2) is 8.81. The van der Waals surface area contributed by atoms with Gasteiger partial charge in [-0.3, -0.25) is 14.7 Å². The van der Waals surface area contributed by atoms with Crippen LogP contribution in [0.3, 0.4) is 0 Å². The van der Waals surface area contributed by atoms with Crippen molar-refractivity contribution in [2.75, 3.05) is 13.7 Å². The second-order valence-corrected chi connectivity index (χ2v) is 8.13. The summed E-state index contributed by atoms with van der Waals surface area (Å²) >= 11 is 1.41. The fourth-order valence-electron chi connectivity index (χ4n) is 3.60. The van der Waals surface area contributed by atoms with Gasteiger partial charge >= 0.3 is 0 Å². The van der Waals surface area contributed by atoms with Crippen molar-refractivity contribution in [2.24, 2.45) is 4.99 Å². The van der Waals surface area contributed by atoms with E-state index in [1.807, 2.05) is 49.4 Å². The van der Waals surface area contributed by atoms with E-state index in [4.69, 9.17) is 9.73 Å². The predicted molar refractivity (Wildman–Crippen MR) is 126 cm³/mol. The molecule has 1 aromatic carbocycles. The highest BCUT2D eigenvalue weighted by atomic mass is 32.2. The Kier molecular flexibility index (Phi) is 5.95. The van der Waals surface area contributed by atoms with E-state index in [1.54, 1.807) is 24.4 Å². The molecular formula is C24H24N4O2S. The zero-order valence-electron chi connectivity index (χ0n) is 18.0. The Balaban J connectivity index is 1.67. The Hall–Kier alpha value is -3.32. The molecule has 158 valence electrons. The molecule has 0 saturated carbocycles. The third-order valence-electron chi connectivity index (χ3n) is 5.18. The number of aromatic nitrogens is 2. The highest BCUT2D eigenvalue weighted by Gasteiger charge is 2.32. The maximum atomic E-state index is 13.0. The molecule has 3 aromatic rings. The molecule has 1 aliphatic heterocycles. The van der Waals surface area contributed by atoms with Crippen LogP contribution in [0.5, 0.6) is 5.75 Å². The van der Waals surface area contributed by atoms with Gasteiger partial charge in [0.2, 0.25) is 0 Å². The number of amidine groups is 1. The number of aryl methyl sites for hydroxylation is 1. The molecule has 1 amide bonds. The molecule has 3 heterocycles. The van der Waals surface area contributed by atoms with Crippen LogP contribution in [-0.2, 0) is 4.79 Å². The van der Waals surface area contributed by atoms with Gasteiger partial charge in [-0.1, -0.05) is 0 Å². The van der Waals surface area contributed by atoms with Crippen molar-refractivity contribution in [3.63, 3.8) is 0 Å². The van der Waals surface area contributed by atoms with E-state index < -0.39 is 0 Å². The summed E-state index contributed by atoms with van der Waals surface area (Å²) in [4.78, 5) is 24.2. The second-order valence-electron chi connectivity index (χ2n) is 7.12. The molecule has 2 aromatic heterocycles. The maximum absolute atomic E-state index is 13.0. The van der Waals surface area contributed by atoms with Gasteiger partial charge in [0.1, 0.15) is 5.75 Å². The number of carbonyl (C=O) groups is 1. The topological polar surface area (TPSA) is 59.7 Å². The summed E-state index contributed by atoms with van der Waals surface area (Å²) in [5, 5.41) is 0.687. The first kappa shape index (κ1) is 20.9. The van der Waals surface area contributed by atoms with Gasteiger partial charge in [0.05, 0.1) is 17.7 Å². The minimum Gasteiger partial charge on any atom is -0.497 e. The van der Waals surface area contributed by atoms with Crippen molar-refractivity contribution < 1.29 is 9.53 Å². The lowest BCUT2D eigenvalue weighted by Crippen LogP contribution is -2.28. The third kappa shape index (κ3) is 4.14. The number of thioether (sulfide) groups is 1. The molecule has 0 atom stereocenters. The zero-order chi connectivity index (χ0) is 22.0. The fourth-order valence-corrected chi connectivity index (χ4v) is 4.66. The van der Waals surface area contributed by atoms with Crippen LogP contribution in [0.4, 0.5) is 5.69 Å². The molecule has 1 aliphatic rings. The Morgan fingerprint density at radius 2 is 1.84 bits per heavy atom. The van der Waals surface area contributed by atoms with Gasteiger partial charge in [-0.25, -0.2) is 4.99 Å². The van der Waals surface area contributed by atoms with Crippen molar-refractivity contribution in [3.05, 3.63) is 76.7 Å². The van der Waals surface area contributed by atoms with Crippen LogP contribution in [0, 0.1) is 13.8 Å². The number of rotatable bonds is 5. The van der Waals surface area contributed by atoms with Crippen LogP contribution < -0.4 is 4.74 Å². The number of likely N-dealkylation sites (N-methyl/N-ethyl adjacent to an activating group) is 1. The maximum Gasteiger partial charge on any atom is 0.266 e. The summed E-state index contributed by atoms with van der Waals surface area (Å²) in [5.41, 5.74) is 5.04. The number of ether oxygens (including phenoxy) is 1. The lowest BCUT2D eigenvalue weighted by Gasteiger charge is -2.12. The van der Waals surface area contributed by atoms with Crippen molar-refractivity contribution in [1.82, 2.24) is 14.5 Å². The minimum absolute atomic E-state index is 0.0199. The number of amides is 1. The molecule has 0 spiro atoms. The Labute approximate surface area is 186 Å². The Bertz CT molecular complexity index is 1160. The molecular weight excluding hydrogens is 408 g/mol. The van der Waals surface area contributed by atoms with Gasteiger partial charge in [0.25, 0.3) is 5.91 Å². The highest BCUT2D eigenvalue weighted by Crippen LogP contribution is 2.35. The first-order chi connectivity index (χ1) is 15.0. The molecule has 0 aliphatic carbocycles. The summed E-state index contributed by atoms with van der Waals surface area (Å²) in [7, 11) is 1.63. The van der Waals surface area contributed by atoms with Crippen molar-refractivity contribution in [1.29, 1.82) is 0 Å². The monoisotopic (exact) mass is 432 g/mol. The number of methoxy groups -OCH3 is 1. The molecule has 0 radical (unpaired) electrons. The first-order valence-corrected chi connectivity index (χ1v) is 10.9. The van der Waals surface area contributed by atoms with Gasteiger partial charge in [-0.15, -0.1) is 0 Å². The van der Waals surface area contributed by atoms with Crippen LogP contribution in [0.15, 0.2) is 64.8 Å². The van der Waals surface area contributed by atoms with Gasteiger partial charge in [0, 0.05) is 36.0 Å². The summed E-state index contributed by atoms with van der Waals surface area (Å²) in [6.07, 6.45) is 5.53. The standard InChI is InChI=1S/C24H24N4O2S/c1-5-27-23(29)22(31-24(27)26-19-6-8-21(30-4)9-7-19)15-18-14-16(2)28(17(18)3)20-10-12-25-13-11-20/h6-15H,5H2,1-4H3/b22-15+,26-24?. The molecule has 4 rings (SSSR count). The van der Waals surface area contributed by atoms with Crippen LogP contribution in [-0.4, -0.2) is 39.2 Å². The number of benzene rings is 1. The van der Waals surface area contributed by atoms with Gasteiger partial charge in [-0.05, 0) is 86.6 Å². The van der Waals surface area contributed by atoms with Crippen molar-refractivity contribution in [3.8, 4) is 11.4 Å². The molecule has 0 bridgehead atoms. The Morgan fingerprint density at radius 1 is 1.13 bits per heavy atom. The largest absolute Gasteiger partial charge is 0.497 e. The molecule has 1 saturated heterocycles. The summed E-state index contributed by atoms with van der Waals surface area (Å²) in [6, 6.07) is 13.5. The summed E-state index contributed by atoms with van der Waals surface area (Å²) in [6.45, 7) is 6.65. The van der Waals surface area contributed by atoms with E-state index in [2.05, 4.69) is 29.5 Å². The van der Waals surface area contributed by atoms with Crippen molar-refractivity contribution >= 4 is 34.6 Å². The lowest BCUT2D eigenvalue weighted by atomic mass is 10.2. The quantitative estimate of drug-likeness (QED) is 0.525. The van der Waals surface area contributed by atoms with E-state index >= 15 is 0 Å². The van der Waals surface area contributed by atoms with Gasteiger partial charge < -0.3 is 9.30 Å². The van der Waals surface area contributed by atoms with E-state index in [-0.39, 0.29) is 5.91 Å². The average molecular weight is 433 g/mol. The van der Waals surface area contributed by atoms with Crippen LogP contribution in [0.1, 0.15) is 23.9 Å². The summed E-state index contributed by atoms with van der Waals surface area (Å²) < 4.78 is 7.37. The van der Waals surface area contributed by atoms with E-state index in [0.717, 1.165) is 34.1 Å². The van der Waals surface area contributed by atoms with E-state index in [9.17, 15) is 4.79 Å². The predicted octanol–water partition coefficient (Wildman–Crippen LogP) is 5.12. The molecule has 1 fully saturated rings. The number of pyridine rings is 1. The summed E-state index contributed by atoms with van der Waals surface area (Å²) in [5.74, 6) is 0.755. The van der Waals surface area contributed by atoms with E-state index in [0.29, 0.717) is 16.6 Å². The number of hydrogen-bond acceptors (Lipinski definition) is 5. The SMILES string of the molecule is CCN1C(=O)/C(=C\c2cc(C)n(-c3ccncc3)c2C)SC1=Nc1ccc(OC)cc1. The molecule has 7 heteroatoms. The van der Waals surface area contributed by atoms with Crippen LogP contribution >= 0.6 is 11.8 Å². The lowest BCUT2D eigenvalue weighted by molar-refractivity contribution is -0.122. The molecule has 6 nitrogen and oxygen atoms in total. The number of hydrogen-bond donors (Lipinski definition) is 0. The number of carbonyl (C=O) groups excluding carboxylic acids is 1. The number of aliphatic imine (C=N–C) groups is 1. The minimum atomic E-state index is -0.0199. The van der Waals surface area contributed by atoms with Crippen molar-refractivity contribution in [2.45, 2.75) is 20.8 Å². The smallest absolute Gasteiger partial charge is 0.266 e. The van der Waals surface area contributed by atoms with Crippen LogP contribution in [0.2, 0.25) is 0 Å². The fraction of sp³-hybridized carbons (Fsp3) is 0.208. The van der Waals surface area contributed by atoms with Crippen LogP contribution in [0.25, 0.3) is 11.8 Å². The van der Waals surface area contributed by atoms with E-state index in [1.165, 1.54) is 11.8 Å². The molecule has 31 heavy (non-hydrogen) atoms. The zero-order valence-corrected chi connectivity index (χ0v) is 18.8. The Morgan fingerprint density at radius 3 is 2.48 bits per heavy atom. The molecule has 0 unspecified atom stereocenters. The normalized spacial score (nSPS) is 16.5. The highest BCUT2D eigenvalue weighted by molar-refractivity contribution is 8.18. The van der Waals surface area contributed by atoms with Gasteiger partial charge in [0.15, 0.2) is 5.17 Å².